The van der Waals surface area contributed by atoms with Gasteiger partial charge in [0.05, 0.1) is 5.41 Å². The van der Waals surface area contributed by atoms with Crippen LogP contribution >= 0.6 is 0 Å². The first-order valence-electron chi connectivity index (χ1n) is 14.4. The molecule has 0 aliphatic carbocycles. The lowest BCUT2D eigenvalue weighted by molar-refractivity contribution is -0.178. The zero-order valence-corrected chi connectivity index (χ0v) is 24.4. The highest BCUT2D eigenvalue weighted by Gasteiger charge is 2.43. The molecule has 2 unspecified atom stereocenters. The summed E-state index contributed by atoms with van der Waals surface area (Å²) >= 11 is 0. The molecule has 2 aliphatic rings. The molecule has 11 heteroatoms. The molecular weight excluding hydrogens is 556 g/mol. The number of hydrogen-bond acceptors (Lipinski definition) is 9. The van der Waals surface area contributed by atoms with Crippen molar-refractivity contribution in [3.05, 3.63) is 71.8 Å². The minimum atomic E-state index is -1.48. The van der Waals surface area contributed by atoms with Gasteiger partial charge in [0.1, 0.15) is 18.8 Å². The Bertz CT molecular complexity index is 1330. The first kappa shape index (κ1) is 31.4. The van der Waals surface area contributed by atoms with Gasteiger partial charge in [-0.3, -0.25) is 24.0 Å². The molecule has 43 heavy (non-hydrogen) atoms. The average Bonchev–Trinajstić information content (AvgIpc) is 3.34. The fraction of sp³-hybridized carbons (Fsp3) is 0.438. The third-order valence-electron chi connectivity index (χ3n) is 7.53. The molecule has 0 spiro atoms. The van der Waals surface area contributed by atoms with E-state index in [4.69, 9.17) is 9.47 Å². The average molecular weight is 593 g/mol. The maximum atomic E-state index is 13.5. The maximum absolute atomic E-state index is 13.5. The number of likely N-dealkylation sites (tertiary alicyclic amines) is 1. The van der Waals surface area contributed by atoms with Crippen LogP contribution in [0.4, 0.5) is 4.79 Å². The van der Waals surface area contributed by atoms with Gasteiger partial charge in [-0.2, -0.15) is 0 Å². The Morgan fingerprint density at radius 1 is 0.907 bits per heavy atom. The lowest BCUT2D eigenvalue weighted by Gasteiger charge is -2.36. The Morgan fingerprint density at radius 2 is 1.53 bits per heavy atom. The number of nitrogens with zero attached hydrogens (tertiary/aromatic N) is 2. The lowest BCUT2D eigenvalue weighted by atomic mass is 9.87. The summed E-state index contributed by atoms with van der Waals surface area (Å²) in [6, 6.07) is 18.3. The minimum absolute atomic E-state index is 0.0802. The van der Waals surface area contributed by atoms with E-state index in [0.717, 1.165) is 11.1 Å². The number of carbonyl (C=O) groups excluding carboxylic acids is 6. The van der Waals surface area contributed by atoms with Gasteiger partial charge < -0.3 is 14.4 Å². The summed E-state index contributed by atoms with van der Waals surface area (Å²) in [6.07, 6.45) is 0.799. The first-order valence-corrected chi connectivity index (χ1v) is 14.4. The number of benzene rings is 2. The van der Waals surface area contributed by atoms with Gasteiger partial charge in [0.25, 0.3) is 17.7 Å². The van der Waals surface area contributed by atoms with Crippen molar-refractivity contribution in [3.63, 3.8) is 0 Å². The smallest absolute Gasteiger partial charge is 0.456 e. The number of ether oxygens (including phenoxy) is 2. The van der Waals surface area contributed by atoms with E-state index in [-0.39, 0.29) is 19.4 Å². The molecule has 2 aromatic rings. The molecule has 2 atom stereocenters. The Kier molecular flexibility index (Phi) is 10.3. The second kappa shape index (κ2) is 14.1. The number of piperidine rings is 1. The number of carbonyl (C=O) groups is 6. The maximum Gasteiger partial charge on any atom is 0.533 e. The highest BCUT2D eigenvalue weighted by atomic mass is 16.8. The van der Waals surface area contributed by atoms with Crippen molar-refractivity contribution >= 4 is 35.6 Å². The minimum Gasteiger partial charge on any atom is -0.456 e. The van der Waals surface area contributed by atoms with Crippen LogP contribution in [0, 0.1) is 5.41 Å². The number of hydrogen-bond donors (Lipinski definition) is 0. The van der Waals surface area contributed by atoms with E-state index >= 15 is 0 Å². The molecular formula is C32H36N2O9. The van der Waals surface area contributed by atoms with Crippen molar-refractivity contribution in [1.82, 2.24) is 9.96 Å². The summed E-state index contributed by atoms with van der Waals surface area (Å²) in [5.41, 5.74) is 0.453. The number of amides is 3. The van der Waals surface area contributed by atoms with Crippen LogP contribution in [0.15, 0.2) is 60.7 Å². The van der Waals surface area contributed by atoms with Crippen molar-refractivity contribution in [1.29, 1.82) is 0 Å². The molecule has 2 aromatic carbocycles. The summed E-state index contributed by atoms with van der Waals surface area (Å²) in [4.78, 5) is 81.6. The Labute approximate surface area is 250 Å². The lowest BCUT2D eigenvalue weighted by Crippen LogP contribution is -2.54. The predicted octanol–water partition coefficient (Wildman–Crippen LogP) is 4.10. The number of Topliss-reactive ketones (excluding diaryl/α,β-unsaturated/α-hetero) is 1. The van der Waals surface area contributed by atoms with Gasteiger partial charge in [-0.05, 0) is 57.1 Å². The Morgan fingerprint density at radius 3 is 2.19 bits per heavy atom. The van der Waals surface area contributed by atoms with Gasteiger partial charge >= 0.3 is 12.1 Å². The molecule has 0 radical (unpaired) electrons. The molecule has 0 aromatic heterocycles. The molecule has 4 rings (SSSR count). The van der Waals surface area contributed by atoms with E-state index in [1.807, 2.05) is 60.7 Å². The number of aryl methyl sites for hydroxylation is 1. The number of imide groups is 1. The topological polar surface area (TPSA) is 137 Å². The third-order valence-corrected chi connectivity index (χ3v) is 7.53. The second-order valence-electron chi connectivity index (χ2n) is 11.3. The molecule has 2 saturated heterocycles. The van der Waals surface area contributed by atoms with Crippen molar-refractivity contribution in [2.45, 2.75) is 70.9 Å². The van der Waals surface area contributed by atoms with Gasteiger partial charge in [-0.25, -0.2) is 9.59 Å². The molecule has 11 nitrogen and oxygen atoms in total. The van der Waals surface area contributed by atoms with Crippen molar-refractivity contribution < 1.29 is 43.1 Å². The van der Waals surface area contributed by atoms with Crippen LogP contribution in [0.3, 0.4) is 0 Å². The molecule has 3 amide bonds. The summed E-state index contributed by atoms with van der Waals surface area (Å²) < 4.78 is 11.0. The summed E-state index contributed by atoms with van der Waals surface area (Å²) in [6.45, 7) is 2.48. The summed E-state index contributed by atoms with van der Waals surface area (Å²) in [5.74, 6) is -3.68. The normalized spacial score (nSPS) is 17.8. The van der Waals surface area contributed by atoms with Crippen molar-refractivity contribution in [3.8, 4) is 0 Å². The van der Waals surface area contributed by atoms with E-state index in [1.54, 1.807) is 0 Å². The third kappa shape index (κ3) is 8.06. The van der Waals surface area contributed by atoms with E-state index in [9.17, 15) is 28.8 Å². The highest BCUT2D eigenvalue weighted by Crippen LogP contribution is 2.28. The van der Waals surface area contributed by atoms with Crippen LogP contribution in [-0.2, 0) is 44.7 Å². The molecule has 2 aliphatic heterocycles. The molecule has 2 heterocycles. The van der Waals surface area contributed by atoms with Crippen LogP contribution in [0.2, 0.25) is 0 Å². The fourth-order valence-corrected chi connectivity index (χ4v) is 5.03. The fourth-order valence-electron chi connectivity index (χ4n) is 5.03. The largest absolute Gasteiger partial charge is 0.533 e. The zero-order valence-electron chi connectivity index (χ0n) is 24.4. The van der Waals surface area contributed by atoms with E-state index in [0.29, 0.717) is 37.2 Å². The van der Waals surface area contributed by atoms with Gasteiger partial charge in [0, 0.05) is 19.4 Å². The van der Waals surface area contributed by atoms with Crippen molar-refractivity contribution in [2.24, 2.45) is 5.41 Å². The van der Waals surface area contributed by atoms with Crippen LogP contribution in [-0.4, -0.2) is 64.8 Å². The van der Waals surface area contributed by atoms with Gasteiger partial charge in [-0.15, -0.1) is 0 Å². The number of rotatable bonds is 11. The Hall–Kier alpha value is -4.54. The van der Waals surface area contributed by atoms with E-state index in [1.165, 1.54) is 18.7 Å². The van der Waals surface area contributed by atoms with Crippen molar-refractivity contribution in [2.75, 3.05) is 13.2 Å². The highest BCUT2D eigenvalue weighted by molar-refractivity contribution is 6.38. The summed E-state index contributed by atoms with van der Waals surface area (Å²) in [7, 11) is 0. The zero-order chi connectivity index (χ0) is 31.0. The molecule has 0 bridgehead atoms. The number of esters is 1. The molecule has 0 N–H and O–H groups in total. The SMILES string of the molecule is CC(C)(COC(=O)ON1C(=O)CCC1=O)C(=O)C(=O)N1CCCCC1C(=O)OC(CCc1ccccc1)c1ccccc1. The van der Waals surface area contributed by atoms with Gasteiger partial charge in [0.15, 0.2) is 0 Å². The van der Waals surface area contributed by atoms with Crippen LogP contribution in [0.1, 0.15) is 69.6 Å². The first-order chi connectivity index (χ1) is 20.6. The quantitative estimate of drug-likeness (QED) is 0.215. The summed E-state index contributed by atoms with van der Waals surface area (Å²) in [5, 5.41) is 0.328. The predicted molar refractivity (Wildman–Crippen MR) is 152 cm³/mol. The van der Waals surface area contributed by atoms with Crippen LogP contribution in [0.25, 0.3) is 0 Å². The standard InChI is InChI=1S/C32H36N2O9/c1-32(2,21-41-31(40)43-34-26(35)18-19-27(34)36)28(37)29(38)33-20-10-9-15-24(33)30(39)42-25(23-13-7-4-8-14-23)17-16-22-11-5-3-6-12-22/h3-8,11-14,24-25H,9-10,15-21H2,1-2H3. The molecule has 228 valence electrons. The molecule has 0 saturated carbocycles. The monoisotopic (exact) mass is 592 g/mol. The second-order valence-corrected chi connectivity index (χ2v) is 11.3. The number of hydroxylamine groups is 2. The van der Waals surface area contributed by atoms with Gasteiger partial charge in [-0.1, -0.05) is 65.7 Å². The van der Waals surface area contributed by atoms with E-state index < -0.39 is 59.8 Å². The van der Waals surface area contributed by atoms with Crippen LogP contribution < -0.4 is 0 Å². The molecule has 2 fully saturated rings. The number of ketones is 1. The Balaban J connectivity index is 1.40. The van der Waals surface area contributed by atoms with Gasteiger partial charge in [0.2, 0.25) is 5.78 Å². The van der Waals surface area contributed by atoms with E-state index in [2.05, 4.69) is 4.84 Å². The van der Waals surface area contributed by atoms with Crippen LogP contribution in [0.5, 0.6) is 0 Å².